The molecule has 2 rings (SSSR count). The van der Waals surface area contributed by atoms with Crippen LogP contribution < -0.4 is 0 Å². The van der Waals surface area contributed by atoms with E-state index in [0.717, 1.165) is 0 Å². The number of nitrogens with zero attached hydrogens (tertiary/aromatic N) is 3. The van der Waals surface area contributed by atoms with Gasteiger partial charge in [0.25, 0.3) is 0 Å². The van der Waals surface area contributed by atoms with Gasteiger partial charge >= 0.3 is 0 Å². The summed E-state index contributed by atoms with van der Waals surface area (Å²) in [4.78, 5) is 2.64. The number of aliphatic hydroxyl groups is 1. The van der Waals surface area contributed by atoms with Crippen LogP contribution in [-0.4, -0.2) is 42.0 Å². The first-order valence-electron chi connectivity index (χ1n) is 5.23. The number of fused-ring (bicyclic) bond motifs is 1. The average molecular weight is 229 g/mol. The van der Waals surface area contributed by atoms with Gasteiger partial charge in [-0.2, -0.15) is 0 Å². The van der Waals surface area contributed by atoms with E-state index < -0.39 is 30.4 Å². The maximum Gasteiger partial charge on any atom is 0.190 e. The largest absolute Gasteiger partial charge is 0.387 e. The highest BCUT2D eigenvalue weighted by Crippen LogP contribution is 2.38. The fourth-order valence-corrected chi connectivity index (χ4v) is 2.03. The molecule has 0 aromatic carbocycles. The molecule has 2 fully saturated rings. The summed E-state index contributed by atoms with van der Waals surface area (Å²) in [5, 5.41) is 13.3. The summed E-state index contributed by atoms with van der Waals surface area (Å²) in [5.74, 6) is -0.716. The molecular weight excluding hydrogens is 214 g/mol. The molecule has 0 aromatic heterocycles. The highest BCUT2D eigenvalue weighted by Gasteiger charge is 2.53. The summed E-state index contributed by atoms with van der Waals surface area (Å²) in [7, 11) is 0. The number of aliphatic hydroxyl groups excluding tert-OH is 1. The van der Waals surface area contributed by atoms with E-state index in [1.807, 2.05) is 0 Å². The van der Waals surface area contributed by atoms with E-state index in [0.29, 0.717) is 13.0 Å². The van der Waals surface area contributed by atoms with E-state index in [1.54, 1.807) is 13.8 Å². The Morgan fingerprint density at radius 1 is 1.44 bits per heavy atom. The van der Waals surface area contributed by atoms with Crippen LogP contribution >= 0.6 is 0 Å². The Morgan fingerprint density at radius 3 is 2.81 bits per heavy atom. The standard InChI is InChI=1S/C9H15N3O4/c1-9(2)15-7-6(13)5(3-4-11-12-10)14-8(7)16-9/h5-8,13H,3-4H2,1-2H3/t5-,6-,7-,8-/m1/s1. The second-order valence-electron chi connectivity index (χ2n) is 4.38. The maximum atomic E-state index is 9.93. The predicted octanol–water partition coefficient (Wildman–Crippen LogP) is 0.924. The number of ether oxygens (including phenoxy) is 3. The van der Waals surface area contributed by atoms with Crippen molar-refractivity contribution in [3.8, 4) is 0 Å². The zero-order chi connectivity index (χ0) is 11.8. The quantitative estimate of drug-likeness (QED) is 0.442. The minimum Gasteiger partial charge on any atom is -0.387 e. The van der Waals surface area contributed by atoms with Gasteiger partial charge in [-0.3, -0.25) is 0 Å². The van der Waals surface area contributed by atoms with Crippen molar-refractivity contribution in [1.82, 2.24) is 0 Å². The molecule has 0 radical (unpaired) electrons. The van der Waals surface area contributed by atoms with Crippen LogP contribution in [-0.2, 0) is 14.2 Å². The lowest BCUT2D eigenvalue weighted by molar-refractivity contribution is -0.215. The van der Waals surface area contributed by atoms with Gasteiger partial charge in [0.2, 0.25) is 0 Å². The molecular formula is C9H15N3O4. The van der Waals surface area contributed by atoms with Gasteiger partial charge in [-0.15, -0.1) is 0 Å². The topological polar surface area (TPSA) is 96.7 Å². The van der Waals surface area contributed by atoms with Crippen LogP contribution in [0.5, 0.6) is 0 Å². The predicted molar refractivity (Wildman–Crippen MR) is 53.3 cm³/mol. The van der Waals surface area contributed by atoms with Crippen LogP contribution in [0.15, 0.2) is 5.11 Å². The van der Waals surface area contributed by atoms with Crippen molar-refractivity contribution < 1.29 is 19.3 Å². The highest BCUT2D eigenvalue weighted by atomic mass is 16.8. The van der Waals surface area contributed by atoms with E-state index in [2.05, 4.69) is 10.0 Å². The summed E-state index contributed by atoms with van der Waals surface area (Å²) in [6.07, 6.45) is -1.64. The molecule has 2 aliphatic heterocycles. The van der Waals surface area contributed by atoms with Gasteiger partial charge in [0.1, 0.15) is 12.2 Å². The lowest BCUT2D eigenvalue weighted by atomic mass is 10.1. The third-order valence-corrected chi connectivity index (χ3v) is 2.69. The van der Waals surface area contributed by atoms with Gasteiger partial charge in [0.15, 0.2) is 12.1 Å². The number of hydrogen-bond donors (Lipinski definition) is 1. The summed E-state index contributed by atoms with van der Waals surface area (Å²) in [6, 6.07) is 0. The van der Waals surface area contributed by atoms with Crippen molar-refractivity contribution in [2.45, 2.75) is 50.7 Å². The lowest BCUT2D eigenvalue weighted by Crippen LogP contribution is -2.34. The lowest BCUT2D eigenvalue weighted by Gasteiger charge is -2.22. The van der Waals surface area contributed by atoms with Crippen LogP contribution in [0, 0.1) is 0 Å². The van der Waals surface area contributed by atoms with Gasteiger partial charge in [-0.1, -0.05) is 5.11 Å². The molecule has 0 amide bonds. The van der Waals surface area contributed by atoms with Crippen LogP contribution in [0.1, 0.15) is 20.3 Å². The molecule has 7 nitrogen and oxygen atoms in total. The number of hydrogen-bond acceptors (Lipinski definition) is 5. The first-order chi connectivity index (χ1) is 7.53. The van der Waals surface area contributed by atoms with Gasteiger partial charge < -0.3 is 19.3 Å². The molecule has 2 heterocycles. The molecule has 0 aromatic rings. The Kier molecular flexibility index (Phi) is 3.05. The molecule has 4 atom stereocenters. The Bertz CT molecular complexity index is 316. The fourth-order valence-electron chi connectivity index (χ4n) is 2.03. The Hall–Kier alpha value is -0.850. The van der Waals surface area contributed by atoms with Gasteiger partial charge in [-0.25, -0.2) is 0 Å². The molecule has 1 N–H and O–H groups in total. The minimum absolute atomic E-state index is 0.293. The smallest absolute Gasteiger partial charge is 0.190 e. The van der Waals surface area contributed by atoms with Crippen molar-refractivity contribution in [1.29, 1.82) is 0 Å². The second-order valence-corrected chi connectivity index (χ2v) is 4.38. The van der Waals surface area contributed by atoms with Crippen molar-refractivity contribution in [2.75, 3.05) is 6.54 Å². The molecule has 2 aliphatic rings. The summed E-state index contributed by atoms with van der Waals surface area (Å²) < 4.78 is 16.5. The average Bonchev–Trinajstić information content (AvgIpc) is 2.63. The van der Waals surface area contributed by atoms with E-state index in [1.165, 1.54) is 0 Å². The molecule has 0 unspecified atom stereocenters. The van der Waals surface area contributed by atoms with Crippen LogP contribution in [0.4, 0.5) is 0 Å². The SMILES string of the molecule is CC1(C)O[C@H]2O[C@H](CCN=[N+]=[N-])[C@@H](O)[C@H]2O1. The summed E-state index contributed by atoms with van der Waals surface area (Å²) in [6.45, 7) is 3.84. The summed E-state index contributed by atoms with van der Waals surface area (Å²) >= 11 is 0. The molecule has 7 heteroatoms. The molecule has 16 heavy (non-hydrogen) atoms. The zero-order valence-electron chi connectivity index (χ0n) is 9.24. The summed E-state index contributed by atoms with van der Waals surface area (Å²) in [5.41, 5.74) is 8.14. The third kappa shape index (κ3) is 2.14. The third-order valence-electron chi connectivity index (χ3n) is 2.69. The van der Waals surface area contributed by atoms with E-state index in [4.69, 9.17) is 19.7 Å². The first kappa shape index (κ1) is 11.6. The van der Waals surface area contributed by atoms with Crippen LogP contribution in [0.3, 0.4) is 0 Å². The molecule has 0 spiro atoms. The zero-order valence-corrected chi connectivity index (χ0v) is 9.24. The van der Waals surface area contributed by atoms with Gasteiger partial charge in [-0.05, 0) is 25.8 Å². The Labute approximate surface area is 92.9 Å². The number of azide groups is 1. The molecule has 0 saturated carbocycles. The fraction of sp³-hybridized carbons (Fsp3) is 1.00. The molecule has 0 bridgehead atoms. The van der Waals surface area contributed by atoms with Crippen molar-refractivity contribution >= 4 is 0 Å². The van der Waals surface area contributed by atoms with Crippen LogP contribution in [0.2, 0.25) is 0 Å². The minimum atomic E-state index is -0.735. The second kappa shape index (κ2) is 4.20. The Morgan fingerprint density at radius 2 is 2.19 bits per heavy atom. The number of rotatable bonds is 3. The van der Waals surface area contributed by atoms with Gasteiger partial charge in [0, 0.05) is 11.5 Å². The normalized spacial score (nSPS) is 40.4. The maximum absolute atomic E-state index is 9.93. The molecule has 90 valence electrons. The van der Waals surface area contributed by atoms with E-state index in [-0.39, 0.29) is 0 Å². The van der Waals surface area contributed by atoms with Gasteiger partial charge in [0.05, 0.1) is 6.10 Å². The van der Waals surface area contributed by atoms with E-state index in [9.17, 15) is 5.11 Å². The van der Waals surface area contributed by atoms with E-state index >= 15 is 0 Å². The first-order valence-corrected chi connectivity index (χ1v) is 5.23. The van der Waals surface area contributed by atoms with Crippen LogP contribution in [0.25, 0.3) is 10.4 Å². The molecule has 0 aliphatic carbocycles. The molecule has 2 saturated heterocycles. The Balaban J connectivity index is 1.92. The van der Waals surface area contributed by atoms with Crippen molar-refractivity contribution in [3.05, 3.63) is 10.4 Å². The van der Waals surface area contributed by atoms with Crippen molar-refractivity contribution in [3.63, 3.8) is 0 Å². The monoisotopic (exact) mass is 229 g/mol. The highest BCUT2D eigenvalue weighted by molar-refractivity contribution is 4.92. The van der Waals surface area contributed by atoms with Crippen molar-refractivity contribution in [2.24, 2.45) is 5.11 Å².